The van der Waals surface area contributed by atoms with Crippen molar-refractivity contribution in [2.75, 3.05) is 6.61 Å². The maximum atomic E-state index is 10.0. The van der Waals surface area contributed by atoms with Crippen LogP contribution in [0.25, 0.3) is 0 Å². The molecule has 0 fully saturated rings. The summed E-state index contributed by atoms with van der Waals surface area (Å²) >= 11 is 0. The second-order valence-electron chi connectivity index (χ2n) is 2.45. The van der Waals surface area contributed by atoms with Crippen molar-refractivity contribution in [2.45, 2.75) is 12.5 Å². The van der Waals surface area contributed by atoms with Crippen LogP contribution in [-0.2, 0) is 4.79 Å². The number of aliphatic hydroxyl groups excluding tert-OH is 1. The number of hydrogen-bond donors (Lipinski definition) is 2. The minimum absolute atomic E-state index is 0.0474. The molecule has 3 heteroatoms. The van der Waals surface area contributed by atoms with Crippen molar-refractivity contribution in [3.05, 3.63) is 37.0 Å². The number of carbonyl (C=O) groups excluding carboxylic acids is 1. The van der Waals surface area contributed by atoms with Gasteiger partial charge in [-0.25, -0.2) is 0 Å². The maximum Gasteiger partial charge on any atom is 0.207 e. The highest BCUT2D eigenvalue weighted by Gasteiger charge is 2.00. The van der Waals surface area contributed by atoms with Crippen molar-refractivity contribution in [3.63, 3.8) is 0 Å². The number of nitrogens with one attached hydrogen (secondary N) is 1. The van der Waals surface area contributed by atoms with Crippen LogP contribution in [0.3, 0.4) is 0 Å². The van der Waals surface area contributed by atoms with Gasteiger partial charge in [-0.1, -0.05) is 37.0 Å². The largest absolute Gasteiger partial charge is 0.394 e. The molecule has 0 aliphatic rings. The first-order valence-corrected chi connectivity index (χ1v) is 4.10. The van der Waals surface area contributed by atoms with E-state index in [2.05, 4.69) is 11.9 Å². The number of rotatable bonds is 7. The molecule has 2 N–H and O–H groups in total. The number of hydrogen-bond acceptors (Lipinski definition) is 2. The van der Waals surface area contributed by atoms with Crippen LogP contribution in [0.4, 0.5) is 0 Å². The molecular formula is C10H15NO2. The van der Waals surface area contributed by atoms with E-state index in [0.29, 0.717) is 12.8 Å². The summed E-state index contributed by atoms with van der Waals surface area (Å²) in [6.07, 6.45) is 10.2. The number of carbonyl (C=O) groups is 1. The zero-order valence-electron chi connectivity index (χ0n) is 7.52. The maximum absolute atomic E-state index is 10.0. The molecule has 0 aromatic carbocycles. The minimum Gasteiger partial charge on any atom is -0.394 e. The van der Waals surface area contributed by atoms with Crippen molar-refractivity contribution in [2.24, 2.45) is 0 Å². The average molecular weight is 181 g/mol. The summed E-state index contributed by atoms with van der Waals surface area (Å²) in [5.74, 6) is 0. The molecule has 0 heterocycles. The molecular weight excluding hydrogens is 166 g/mol. The Kier molecular flexibility index (Phi) is 7.84. The predicted molar refractivity (Wildman–Crippen MR) is 53.2 cm³/mol. The highest BCUT2D eigenvalue weighted by atomic mass is 16.3. The predicted octanol–water partition coefficient (Wildman–Crippen LogP) is 0.782. The zero-order chi connectivity index (χ0) is 9.94. The third-order valence-electron chi connectivity index (χ3n) is 1.44. The quantitative estimate of drug-likeness (QED) is 0.450. The van der Waals surface area contributed by atoms with Crippen LogP contribution in [-0.4, -0.2) is 24.2 Å². The van der Waals surface area contributed by atoms with Crippen molar-refractivity contribution in [3.8, 4) is 0 Å². The van der Waals surface area contributed by atoms with E-state index in [1.807, 2.05) is 18.2 Å². The summed E-state index contributed by atoms with van der Waals surface area (Å²) in [4.78, 5) is 10.0. The highest BCUT2D eigenvalue weighted by molar-refractivity contribution is 5.46. The van der Waals surface area contributed by atoms with Gasteiger partial charge in [-0.15, -0.1) is 0 Å². The SMILES string of the molecule is C=C/C=C\C=C/C[C@@H](CO)NC=O. The van der Waals surface area contributed by atoms with Gasteiger partial charge in [0, 0.05) is 0 Å². The summed E-state index contributed by atoms with van der Waals surface area (Å²) < 4.78 is 0. The monoisotopic (exact) mass is 181 g/mol. The fourth-order valence-electron chi connectivity index (χ4n) is 0.756. The number of amides is 1. The van der Waals surface area contributed by atoms with E-state index in [1.54, 1.807) is 12.2 Å². The summed E-state index contributed by atoms with van der Waals surface area (Å²) in [6.45, 7) is 3.47. The van der Waals surface area contributed by atoms with Crippen LogP contribution in [0.15, 0.2) is 37.0 Å². The Morgan fingerprint density at radius 2 is 2.15 bits per heavy atom. The van der Waals surface area contributed by atoms with E-state index < -0.39 is 0 Å². The Morgan fingerprint density at radius 3 is 2.69 bits per heavy atom. The van der Waals surface area contributed by atoms with Gasteiger partial charge in [0.2, 0.25) is 6.41 Å². The molecule has 0 bridgehead atoms. The van der Waals surface area contributed by atoms with Crippen LogP contribution in [0.1, 0.15) is 6.42 Å². The van der Waals surface area contributed by atoms with Crippen molar-refractivity contribution in [1.82, 2.24) is 5.32 Å². The van der Waals surface area contributed by atoms with E-state index in [-0.39, 0.29) is 12.6 Å². The van der Waals surface area contributed by atoms with Crippen LogP contribution in [0, 0.1) is 0 Å². The lowest BCUT2D eigenvalue weighted by molar-refractivity contribution is -0.110. The average Bonchev–Trinajstić information content (AvgIpc) is 2.16. The third-order valence-corrected chi connectivity index (χ3v) is 1.44. The summed E-state index contributed by atoms with van der Waals surface area (Å²) in [5.41, 5.74) is 0. The first-order chi connectivity index (χ1) is 6.35. The molecule has 0 aliphatic heterocycles. The lowest BCUT2D eigenvalue weighted by atomic mass is 10.2. The lowest BCUT2D eigenvalue weighted by Gasteiger charge is -2.08. The van der Waals surface area contributed by atoms with Gasteiger partial charge in [-0.3, -0.25) is 4.79 Å². The molecule has 72 valence electrons. The van der Waals surface area contributed by atoms with E-state index >= 15 is 0 Å². The molecule has 0 aromatic heterocycles. The molecule has 0 spiro atoms. The van der Waals surface area contributed by atoms with Gasteiger partial charge in [-0.2, -0.15) is 0 Å². The van der Waals surface area contributed by atoms with Gasteiger partial charge in [0.25, 0.3) is 0 Å². The third kappa shape index (κ3) is 7.03. The molecule has 0 aliphatic carbocycles. The molecule has 0 aromatic rings. The van der Waals surface area contributed by atoms with Gasteiger partial charge in [-0.05, 0) is 6.42 Å². The number of aliphatic hydroxyl groups is 1. The topological polar surface area (TPSA) is 49.3 Å². The Bertz CT molecular complexity index is 197. The van der Waals surface area contributed by atoms with Gasteiger partial charge in [0.15, 0.2) is 0 Å². The van der Waals surface area contributed by atoms with Crippen LogP contribution >= 0.6 is 0 Å². The second kappa shape index (κ2) is 8.74. The Labute approximate surface area is 78.5 Å². The molecule has 3 nitrogen and oxygen atoms in total. The van der Waals surface area contributed by atoms with E-state index in [1.165, 1.54) is 0 Å². The van der Waals surface area contributed by atoms with Crippen LogP contribution < -0.4 is 5.32 Å². The fraction of sp³-hybridized carbons (Fsp3) is 0.300. The number of allylic oxidation sites excluding steroid dienone is 4. The Balaban J connectivity index is 3.69. The molecule has 13 heavy (non-hydrogen) atoms. The smallest absolute Gasteiger partial charge is 0.207 e. The first kappa shape index (κ1) is 11.6. The molecule has 0 unspecified atom stereocenters. The Hall–Kier alpha value is -1.35. The van der Waals surface area contributed by atoms with E-state index in [4.69, 9.17) is 5.11 Å². The molecule has 0 radical (unpaired) electrons. The highest BCUT2D eigenvalue weighted by Crippen LogP contribution is 1.92. The molecule has 1 amide bonds. The van der Waals surface area contributed by atoms with Gasteiger partial charge >= 0.3 is 0 Å². The first-order valence-electron chi connectivity index (χ1n) is 4.10. The van der Waals surface area contributed by atoms with E-state index in [0.717, 1.165) is 0 Å². The minimum atomic E-state index is -0.189. The second-order valence-corrected chi connectivity index (χ2v) is 2.45. The van der Waals surface area contributed by atoms with Gasteiger partial charge in [0.05, 0.1) is 12.6 Å². The summed E-state index contributed by atoms with van der Waals surface area (Å²) in [5, 5.41) is 11.3. The normalized spacial score (nSPS) is 13.3. The molecule has 0 saturated heterocycles. The molecule has 1 atom stereocenters. The van der Waals surface area contributed by atoms with Gasteiger partial charge < -0.3 is 10.4 Å². The molecule has 0 saturated carbocycles. The van der Waals surface area contributed by atoms with Gasteiger partial charge in [0.1, 0.15) is 0 Å². The lowest BCUT2D eigenvalue weighted by Crippen LogP contribution is -2.30. The van der Waals surface area contributed by atoms with Crippen molar-refractivity contribution in [1.29, 1.82) is 0 Å². The summed E-state index contributed by atoms with van der Waals surface area (Å²) in [6, 6.07) is -0.189. The Morgan fingerprint density at radius 1 is 1.38 bits per heavy atom. The molecule has 0 rings (SSSR count). The van der Waals surface area contributed by atoms with E-state index in [9.17, 15) is 4.79 Å². The standard InChI is InChI=1S/C10H15NO2/c1-2-3-4-5-6-7-10(8-12)11-9-13/h2-6,9-10,12H,1,7-8H2,(H,11,13)/b4-3-,6-5-/t10-/m0/s1. The van der Waals surface area contributed by atoms with Crippen LogP contribution in [0.5, 0.6) is 0 Å². The van der Waals surface area contributed by atoms with Crippen LogP contribution in [0.2, 0.25) is 0 Å². The zero-order valence-corrected chi connectivity index (χ0v) is 7.52. The fourth-order valence-corrected chi connectivity index (χ4v) is 0.756. The van der Waals surface area contributed by atoms with Crippen molar-refractivity contribution >= 4 is 6.41 Å². The summed E-state index contributed by atoms with van der Waals surface area (Å²) in [7, 11) is 0. The van der Waals surface area contributed by atoms with Crippen molar-refractivity contribution < 1.29 is 9.90 Å².